The Hall–Kier alpha value is -0.0800. The maximum Gasteiger partial charge on any atom is 0.000449 e. The lowest BCUT2D eigenvalue weighted by atomic mass is 10.1. The molecule has 0 atom stereocenters. The van der Waals surface area contributed by atoms with Crippen molar-refractivity contribution in [1.82, 2.24) is 4.90 Å². The quantitative estimate of drug-likeness (QED) is 0.609. The van der Waals surface area contributed by atoms with Crippen LogP contribution >= 0.6 is 0 Å². The van der Waals surface area contributed by atoms with Gasteiger partial charge in [-0.05, 0) is 37.8 Å². The molecule has 0 aliphatic heterocycles. The van der Waals surface area contributed by atoms with Crippen molar-refractivity contribution in [3.63, 3.8) is 0 Å². The van der Waals surface area contributed by atoms with E-state index in [2.05, 4.69) is 32.6 Å². The summed E-state index contributed by atoms with van der Waals surface area (Å²) in [6.07, 6.45) is 2.41. The average molecular weight is 200 g/mol. The first-order chi connectivity index (χ1) is 6.56. The van der Waals surface area contributed by atoms with Crippen molar-refractivity contribution >= 4 is 0 Å². The van der Waals surface area contributed by atoms with Crippen LogP contribution in [-0.2, 0) is 0 Å². The second-order valence-electron chi connectivity index (χ2n) is 5.04. The molecule has 0 bridgehead atoms. The van der Waals surface area contributed by atoms with E-state index < -0.39 is 0 Å². The van der Waals surface area contributed by atoms with Crippen molar-refractivity contribution in [2.45, 2.75) is 40.5 Å². The molecule has 2 heteroatoms. The molecule has 2 nitrogen and oxygen atoms in total. The van der Waals surface area contributed by atoms with E-state index in [0.29, 0.717) is 0 Å². The van der Waals surface area contributed by atoms with Gasteiger partial charge in [-0.1, -0.05) is 27.7 Å². The van der Waals surface area contributed by atoms with Gasteiger partial charge in [-0.25, -0.2) is 0 Å². The van der Waals surface area contributed by atoms with E-state index in [-0.39, 0.29) is 0 Å². The van der Waals surface area contributed by atoms with E-state index in [0.717, 1.165) is 24.8 Å². The van der Waals surface area contributed by atoms with Gasteiger partial charge in [-0.3, -0.25) is 0 Å². The number of nitrogens with two attached hydrogens (primary N) is 1. The highest BCUT2D eigenvalue weighted by Gasteiger charge is 2.08. The second-order valence-corrected chi connectivity index (χ2v) is 5.04. The van der Waals surface area contributed by atoms with E-state index in [9.17, 15) is 0 Å². The van der Waals surface area contributed by atoms with E-state index >= 15 is 0 Å². The minimum absolute atomic E-state index is 0.770. The van der Waals surface area contributed by atoms with Gasteiger partial charge in [0.25, 0.3) is 0 Å². The van der Waals surface area contributed by atoms with Crippen molar-refractivity contribution in [3.8, 4) is 0 Å². The second kappa shape index (κ2) is 8.25. The van der Waals surface area contributed by atoms with Crippen LogP contribution in [0.5, 0.6) is 0 Å². The summed E-state index contributed by atoms with van der Waals surface area (Å²) in [4.78, 5) is 2.57. The molecule has 0 fully saturated rings. The van der Waals surface area contributed by atoms with Crippen molar-refractivity contribution < 1.29 is 0 Å². The maximum absolute atomic E-state index is 5.50. The molecule has 14 heavy (non-hydrogen) atoms. The lowest BCUT2D eigenvalue weighted by molar-refractivity contribution is 0.216. The van der Waals surface area contributed by atoms with E-state index in [1.54, 1.807) is 0 Å². The van der Waals surface area contributed by atoms with Gasteiger partial charge in [0.15, 0.2) is 0 Å². The van der Waals surface area contributed by atoms with Crippen LogP contribution in [0.3, 0.4) is 0 Å². The molecule has 0 amide bonds. The predicted octanol–water partition coefficient (Wildman–Crippen LogP) is 2.34. The van der Waals surface area contributed by atoms with Gasteiger partial charge in [0.05, 0.1) is 0 Å². The van der Waals surface area contributed by atoms with Gasteiger partial charge in [-0.2, -0.15) is 0 Å². The summed E-state index contributed by atoms with van der Waals surface area (Å²) in [7, 11) is 0. The van der Waals surface area contributed by atoms with Gasteiger partial charge in [0, 0.05) is 13.1 Å². The predicted molar refractivity (Wildman–Crippen MR) is 64.4 cm³/mol. The van der Waals surface area contributed by atoms with Gasteiger partial charge in [-0.15, -0.1) is 0 Å². The molecule has 0 radical (unpaired) electrons. The van der Waals surface area contributed by atoms with Crippen LogP contribution in [-0.4, -0.2) is 31.1 Å². The zero-order chi connectivity index (χ0) is 11.0. The van der Waals surface area contributed by atoms with Crippen molar-refractivity contribution in [1.29, 1.82) is 0 Å². The smallest absolute Gasteiger partial charge is 0.000449 e. The van der Waals surface area contributed by atoms with Gasteiger partial charge in [0.2, 0.25) is 0 Å². The normalized spacial score (nSPS) is 12.0. The Morgan fingerprint density at radius 2 is 1.43 bits per heavy atom. The lowest BCUT2D eigenvalue weighted by Crippen LogP contribution is -2.32. The molecule has 0 heterocycles. The first-order valence-corrected chi connectivity index (χ1v) is 5.98. The minimum Gasteiger partial charge on any atom is -0.330 e. The first-order valence-electron chi connectivity index (χ1n) is 5.98. The molecule has 0 aliphatic carbocycles. The Labute approximate surface area is 89.9 Å². The molecule has 86 valence electrons. The zero-order valence-corrected chi connectivity index (χ0v) is 10.4. The molecular formula is C12H28N2. The average Bonchev–Trinajstić information content (AvgIpc) is 2.02. The number of unbranched alkanes of at least 4 members (excludes halogenated alkanes) is 1. The monoisotopic (exact) mass is 200 g/mol. The fraction of sp³-hybridized carbons (Fsp3) is 1.00. The number of hydrogen-bond acceptors (Lipinski definition) is 2. The highest BCUT2D eigenvalue weighted by molar-refractivity contribution is 4.62. The molecule has 0 rings (SSSR count). The van der Waals surface area contributed by atoms with Crippen LogP contribution in [0.4, 0.5) is 0 Å². The Morgan fingerprint density at radius 3 is 1.79 bits per heavy atom. The van der Waals surface area contributed by atoms with Crippen LogP contribution in [0.1, 0.15) is 40.5 Å². The van der Waals surface area contributed by atoms with Gasteiger partial charge < -0.3 is 10.6 Å². The van der Waals surface area contributed by atoms with Crippen LogP contribution in [0, 0.1) is 11.8 Å². The largest absolute Gasteiger partial charge is 0.330 e. The third kappa shape index (κ3) is 8.52. The summed E-state index contributed by atoms with van der Waals surface area (Å²) in [5.41, 5.74) is 5.50. The highest BCUT2D eigenvalue weighted by Crippen LogP contribution is 2.05. The third-order valence-electron chi connectivity index (χ3n) is 2.18. The molecule has 0 aromatic carbocycles. The van der Waals surface area contributed by atoms with Gasteiger partial charge >= 0.3 is 0 Å². The van der Waals surface area contributed by atoms with Crippen LogP contribution < -0.4 is 5.73 Å². The minimum atomic E-state index is 0.770. The maximum atomic E-state index is 5.50. The zero-order valence-electron chi connectivity index (χ0n) is 10.4. The number of hydrogen-bond donors (Lipinski definition) is 1. The van der Waals surface area contributed by atoms with Gasteiger partial charge in [0.1, 0.15) is 0 Å². The lowest BCUT2D eigenvalue weighted by Gasteiger charge is -2.25. The van der Waals surface area contributed by atoms with Crippen molar-refractivity contribution in [2.24, 2.45) is 17.6 Å². The SMILES string of the molecule is CC(C)CN(CCCCN)CC(C)C. The fourth-order valence-corrected chi connectivity index (χ4v) is 1.77. The topological polar surface area (TPSA) is 29.3 Å². The summed E-state index contributed by atoms with van der Waals surface area (Å²) in [5, 5.41) is 0. The fourth-order valence-electron chi connectivity index (χ4n) is 1.77. The Bertz CT molecular complexity index is 111. The Kier molecular flexibility index (Phi) is 8.20. The Balaban J connectivity index is 3.72. The highest BCUT2D eigenvalue weighted by atomic mass is 15.1. The summed E-state index contributed by atoms with van der Waals surface area (Å²) >= 11 is 0. The molecule has 0 aromatic rings. The summed E-state index contributed by atoms with van der Waals surface area (Å²) in [5.74, 6) is 1.54. The van der Waals surface area contributed by atoms with Crippen LogP contribution in [0.2, 0.25) is 0 Å². The summed E-state index contributed by atoms with van der Waals surface area (Å²) in [6.45, 7) is 13.6. The first kappa shape index (κ1) is 13.9. The van der Waals surface area contributed by atoms with Crippen molar-refractivity contribution in [2.75, 3.05) is 26.2 Å². The van der Waals surface area contributed by atoms with E-state index in [4.69, 9.17) is 5.73 Å². The Morgan fingerprint density at radius 1 is 0.929 bits per heavy atom. The summed E-state index contributed by atoms with van der Waals surface area (Å²) in [6, 6.07) is 0. The van der Waals surface area contributed by atoms with Crippen LogP contribution in [0.15, 0.2) is 0 Å². The molecule has 0 saturated heterocycles. The number of nitrogens with zero attached hydrogens (tertiary/aromatic N) is 1. The van der Waals surface area contributed by atoms with E-state index in [1.807, 2.05) is 0 Å². The number of rotatable bonds is 8. The van der Waals surface area contributed by atoms with Crippen LogP contribution in [0.25, 0.3) is 0 Å². The molecule has 0 aliphatic rings. The summed E-state index contributed by atoms with van der Waals surface area (Å²) < 4.78 is 0. The molecule has 0 unspecified atom stereocenters. The molecule has 0 saturated carbocycles. The molecular weight excluding hydrogens is 172 g/mol. The third-order valence-corrected chi connectivity index (χ3v) is 2.18. The van der Waals surface area contributed by atoms with Crippen molar-refractivity contribution in [3.05, 3.63) is 0 Å². The molecule has 0 aromatic heterocycles. The standard InChI is InChI=1S/C12H28N2/c1-11(2)9-14(10-12(3)4)8-6-5-7-13/h11-12H,5-10,13H2,1-4H3. The molecule has 2 N–H and O–H groups in total. The van der Waals surface area contributed by atoms with E-state index in [1.165, 1.54) is 26.1 Å². The molecule has 0 spiro atoms.